The third-order valence-electron chi connectivity index (χ3n) is 6.59. The average molecular weight is 353 g/mol. The van der Waals surface area contributed by atoms with E-state index < -0.39 is 0 Å². The Hall–Kier alpha value is -2.74. The van der Waals surface area contributed by atoms with Crippen LogP contribution in [0.4, 0.5) is 0 Å². The minimum atomic E-state index is 0.696. The molecule has 2 aromatic heterocycles. The quantitative estimate of drug-likeness (QED) is 0.310. The molecule has 0 N–H and O–H groups in total. The van der Waals surface area contributed by atoms with Crippen molar-refractivity contribution in [2.45, 2.75) is 38.0 Å². The molecular weight excluding hydrogens is 330 g/mol. The number of benzene rings is 3. The number of fused-ring (bicyclic) bond motifs is 7. The highest BCUT2D eigenvalue weighted by Gasteiger charge is 2.22. The maximum Gasteiger partial charge on any atom is 0.137 e. The van der Waals surface area contributed by atoms with E-state index in [2.05, 4.69) is 60.1 Å². The summed E-state index contributed by atoms with van der Waals surface area (Å²) in [6, 6.07) is 19.7. The molecule has 0 bridgehead atoms. The summed E-state index contributed by atoms with van der Waals surface area (Å²) in [6.45, 7) is 0. The third-order valence-corrected chi connectivity index (χ3v) is 6.59. The Kier molecular flexibility index (Phi) is 3.19. The van der Waals surface area contributed by atoms with Gasteiger partial charge in [0.05, 0.1) is 16.4 Å². The van der Waals surface area contributed by atoms with Gasteiger partial charge in [-0.1, -0.05) is 55.7 Å². The number of furan rings is 1. The van der Waals surface area contributed by atoms with Gasteiger partial charge < -0.3 is 8.98 Å². The summed E-state index contributed by atoms with van der Waals surface area (Å²) in [5, 5.41) is 5.17. The molecule has 0 amide bonds. The lowest BCUT2D eigenvalue weighted by Crippen LogP contribution is -2.06. The van der Waals surface area contributed by atoms with E-state index in [0.717, 1.165) is 11.2 Å². The first-order valence-electron chi connectivity index (χ1n) is 10.1. The second-order valence-corrected chi connectivity index (χ2v) is 8.07. The number of nitrogens with zero attached hydrogens (tertiary/aromatic N) is 1. The van der Waals surface area contributed by atoms with E-state index in [1.807, 2.05) is 6.07 Å². The fourth-order valence-corrected chi connectivity index (χ4v) is 5.37. The number of aryl methyl sites for hydroxylation is 1. The Morgan fingerprint density at radius 2 is 1.52 bits per heavy atom. The molecule has 3 aromatic carbocycles. The Labute approximate surface area is 158 Å². The molecule has 1 saturated carbocycles. The number of hydrogen-bond donors (Lipinski definition) is 0. The zero-order valence-electron chi connectivity index (χ0n) is 15.7. The minimum Gasteiger partial charge on any atom is -0.456 e. The molecule has 1 fully saturated rings. The van der Waals surface area contributed by atoms with Crippen molar-refractivity contribution in [3.05, 3.63) is 60.2 Å². The maximum atomic E-state index is 6.14. The Morgan fingerprint density at radius 3 is 2.41 bits per heavy atom. The summed E-state index contributed by atoms with van der Waals surface area (Å²) in [4.78, 5) is 0. The zero-order valence-corrected chi connectivity index (χ0v) is 15.7. The predicted octanol–water partition coefficient (Wildman–Crippen LogP) is 7.28. The lowest BCUT2D eigenvalue weighted by molar-refractivity contribution is 0.445. The maximum absolute atomic E-state index is 6.14. The molecule has 27 heavy (non-hydrogen) atoms. The van der Waals surface area contributed by atoms with Crippen LogP contribution >= 0.6 is 0 Å². The van der Waals surface area contributed by atoms with E-state index in [0.29, 0.717) is 5.92 Å². The summed E-state index contributed by atoms with van der Waals surface area (Å²) in [6.07, 6.45) is 6.77. The van der Waals surface area contributed by atoms with Crippen LogP contribution in [0.5, 0.6) is 0 Å². The van der Waals surface area contributed by atoms with Gasteiger partial charge in [-0.2, -0.15) is 0 Å². The number of rotatable bonds is 1. The van der Waals surface area contributed by atoms with E-state index in [4.69, 9.17) is 4.42 Å². The fraction of sp³-hybridized carbons (Fsp3) is 0.280. The van der Waals surface area contributed by atoms with Crippen molar-refractivity contribution in [1.29, 1.82) is 0 Å². The summed E-state index contributed by atoms with van der Waals surface area (Å²) in [7, 11) is 2.23. The molecule has 0 radical (unpaired) electrons. The van der Waals surface area contributed by atoms with E-state index in [-0.39, 0.29) is 0 Å². The summed E-state index contributed by atoms with van der Waals surface area (Å²) in [5.41, 5.74) is 6.20. The van der Waals surface area contributed by atoms with Gasteiger partial charge in [0.2, 0.25) is 0 Å². The SMILES string of the molecule is Cn1c2c(C3CCCCC3)cccc2c2ccc3oc4ccccc4c3c21. The molecule has 0 saturated heterocycles. The van der Waals surface area contributed by atoms with E-state index in [9.17, 15) is 0 Å². The smallest absolute Gasteiger partial charge is 0.137 e. The number of hydrogen-bond acceptors (Lipinski definition) is 1. The Morgan fingerprint density at radius 1 is 0.741 bits per heavy atom. The van der Waals surface area contributed by atoms with Crippen LogP contribution < -0.4 is 0 Å². The molecule has 6 rings (SSSR count). The van der Waals surface area contributed by atoms with Crippen LogP contribution in [-0.4, -0.2) is 4.57 Å². The molecule has 0 atom stereocenters. The number of aromatic nitrogens is 1. The molecule has 1 aliphatic carbocycles. The van der Waals surface area contributed by atoms with E-state index in [1.54, 1.807) is 0 Å². The Balaban J connectivity index is 1.77. The summed E-state index contributed by atoms with van der Waals surface area (Å²) in [5.74, 6) is 0.696. The van der Waals surface area contributed by atoms with Gasteiger partial charge >= 0.3 is 0 Å². The highest BCUT2D eigenvalue weighted by molar-refractivity contribution is 6.24. The van der Waals surface area contributed by atoms with Crippen molar-refractivity contribution in [2.24, 2.45) is 7.05 Å². The molecule has 134 valence electrons. The molecule has 0 spiro atoms. The predicted molar refractivity (Wildman–Crippen MR) is 114 cm³/mol. The van der Waals surface area contributed by atoms with E-state index >= 15 is 0 Å². The van der Waals surface area contributed by atoms with Gasteiger partial charge in [-0.15, -0.1) is 0 Å². The fourth-order valence-electron chi connectivity index (χ4n) is 5.37. The van der Waals surface area contributed by atoms with Crippen LogP contribution in [-0.2, 0) is 7.05 Å². The molecule has 0 aliphatic heterocycles. The first kappa shape index (κ1) is 15.3. The normalized spacial score (nSPS) is 16.2. The summed E-state index contributed by atoms with van der Waals surface area (Å²) >= 11 is 0. The summed E-state index contributed by atoms with van der Waals surface area (Å²) < 4.78 is 8.57. The van der Waals surface area contributed by atoms with Crippen molar-refractivity contribution in [2.75, 3.05) is 0 Å². The van der Waals surface area contributed by atoms with Crippen molar-refractivity contribution in [3.8, 4) is 0 Å². The van der Waals surface area contributed by atoms with Gasteiger partial charge in [0.15, 0.2) is 0 Å². The van der Waals surface area contributed by atoms with E-state index in [1.165, 1.54) is 70.2 Å². The molecule has 1 aliphatic rings. The molecular formula is C25H23NO. The van der Waals surface area contributed by atoms with Crippen LogP contribution in [0, 0.1) is 0 Å². The monoisotopic (exact) mass is 353 g/mol. The molecule has 5 aromatic rings. The van der Waals surface area contributed by atoms with Crippen LogP contribution in [0.1, 0.15) is 43.6 Å². The highest BCUT2D eigenvalue weighted by Crippen LogP contribution is 2.42. The van der Waals surface area contributed by atoms with Gasteiger partial charge in [-0.05, 0) is 42.5 Å². The topological polar surface area (TPSA) is 18.1 Å². The number of para-hydroxylation sites is 2. The Bertz CT molecular complexity index is 1310. The van der Waals surface area contributed by atoms with Crippen LogP contribution in [0.3, 0.4) is 0 Å². The first-order valence-corrected chi connectivity index (χ1v) is 10.1. The van der Waals surface area contributed by atoms with Crippen molar-refractivity contribution < 1.29 is 4.42 Å². The molecule has 2 heterocycles. The van der Waals surface area contributed by atoms with Gasteiger partial charge in [-0.3, -0.25) is 0 Å². The van der Waals surface area contributed by atoms with Crippen LogP contribution in [0.15, 0.2) is 59.0 Å². The van der Waals surface area contributed by atoms with Crippen LogP contribution in [0.2, 0.25) is 0 Å². The third kappa shape index (κ3) is 2.07. The molecule has 2 nitrogen and oxygen atoms in total. The first-order chi connectivity index (χ1) is 13.3. The highest BCUT2D eigenvalue weighted by atomic mass is 16.3. The van der Waals surface area contributed by atoms with Crippen molar-refractivity contribution >= 4 is 43.7 Å². The van der Waals surface area contributed by atoms with Crippen molar-refractivity contribution in [3.63, 3.8) is 0 Å². The second-order valence-electron chi connectivity index (χ2n) is 8.07. The largest absolute Gasteiger partial charge is 0.456 e. The van der Waals surface area contributed by atoms with Crippen molar-refractivity contribution in [1.82, 2.24) is 4.57 Å². The van der Waals surface area contributed by atoms with Gasteiger partial charge in [0.25, 0.3) is 0 Å². The van der Waals surface area contributed by atoms with Crippen LogP contribution in [0.25, 0.3) is 43.7 Å². The average Bonchev–Trinajstić information content (AvgIpc) is 3.24. The standard InChI is InChI=1S/C25H23NO/c1-26-24-17(16-8-3-2-4-9-16)11-7-12-18(24)19-14-15-22-23(25(19)26)20-10-5-6-13-21(20)27-22/h5-7,10-16H,2-4,8-9H2,1H3. The second kappa shape index (κ2) is 5.63. The van der Waals surface area contributed by atoms with Gasteiger partial charge in [-0.25, -0.2) is 0 Å². The molecule has 0 unspecified atom stereocenters. The molecule has 2 heteroatoms. The lowest BCUT2D eigenvalue weighted by Gasteiger charge is -2.23. The van der Waals surface area contributed by atoms with Gasteiger partial charge in [0, 0.05) is 23.2 Å². The van der Waals surface area contributed by atoms with Gasteiger partial charge in [0.1, 0.15) is 11.2 Å². The minimum absolute atomic E-state index is 0.696. The zero-order chi connectivity index (χ0) is 18.0. The lowest BCUT2D eigenvalue weighted by atomic mass is 9.83.